The predicted octanol–water partition coefficient (Wildman–Crippen LogP) is 2.81. The number of nitrogens with zero attached hydrogens (tertiary/aromatic N) is 1. The van der Waals surface area contributed by atoms with Crippen LogP contribution in [-0.4, -0.2) is 36.0 Å². The zero-order valence-electron chi connectivity index (χ0n) is 15.1. The van der Waals surface area contributed by atoms with Gasteiger partial charge in [0, 0.05) is 29.5 Å². The highest BCUT2D eigenvalue weighted by Gasteiger charge is 2.23. The van der Waals surface area contributed by atoms with E-state index in [1.165, 1.54) is 5.56 Å². The van der Waals surface area contributed by atoms with Crippen molar-refractivity contribution in [3.8, 4) is 0 Å². The van der Waals surface area contributed by atoms with Crippen LogP contribution in [0.15, 0.2) is 48.5 Å². The summed E-state index contributed by atoms with van der Waals surface area (Å²) < 4.78 is 0. The van der Waals surface area contributed by atoms with Crippen molar-refractivity contribution in [1.82, 2.24) is 5.32 Å². The van der Waals surface area contributed by atoms with Gasteiger partial charge in [0.1, 0.15) is 0 Å². The van der Waals surface area contributed by atoms with E-state index in [0.717, 1.165) is 48.0 Å². The molecule has 2 aromatic carbocycles. The number of rotatable bonds is 4. The average Bonchev–Trinajstić information content (AvgIpc) is 3.24. The maximum Gasteiger partial charge on any atom is 0.242 e. The lowest BCUT2D eigenvalue weighted by molar-refractivity contribution is -0.118. The third-order valence-corrected chi connectivity index (χ3v) is 5.96. The fourth-order valence-corrected chi connectivity index (χ4v) is 4.50. The molecule has 0 radical (unpaired) electrons. The second kappa shape index (κ2) is 8.15. The second-order valence-corrected chi connectivity index (χ2v) is 7.94. The molecule has 4 rings (SSSR count). The fourth-order valence-electron chi connectivity index (χ4n) is 3.56. The summed E-state index contributed by atoms with van der Waals surface area (Å²) in [5.41, 5.74) is 4.00. The van der Waals surface area contributed by atoms with Crippen LogP contribution in [0.2, 0.25) is 0 Å². The normalized spacial score (nSPS) is 18.8. The van der Waals surface area contributed by atoms with Crippen molar-refractivity contribution in [2.75, 3.05) is 28.4 Å². The highest BCUT2D eigenvalue weighted by Crippen LogP contribution is 2.27. The molecule has 2 aliphatic heterocycles. The Hall–Kier alpha value is -2.31. The van der Waals surface area contributed by atoms with Crippen molar-refractivity contribution in [2.45, 2.75) is 25.3 Å². The van der Waals surface area contributed by atoms with Gasteiger partial charge in [-0.05, 0) is 42.2 Å². The number of anilines is 2. The number of amides is 2. The van der Waals surface area contributed by atoms with Crippen molar-refractivity contribution >= 4 is 35.0 Å². The number of hydrogen-bond donors (Lipinski definition) is 2. The molecule has 1 unspecified atom stereocenters. The van der Waals surface area contributed by atoms with Gasteiger partial charge in [0.05, 0.1) is 12.5 Å². The highest BCUT2D eigenvalue weighted by molar-refractivity contribution is 7.99. The van der Waals surface area contributed by atoms with Crippen LogP contribution < -0.4 is 15.5 Å². The van der Waals surface area contributed by atoms with E-state index in [1.54, 1.807) is 11.8 Å². The van der Waals surface area contributed by atoms with E-state index in [-0.39, 0.29) is 17.9 Å². The Morgan fingerprint density at radius 1 is 1.15 bits per heavy atom. The standard InChI is InChI=1S/C21H23N3O2S/c25-20(24-11-3-5-16-4-1-2-6-19(16)24)12-15-7-9-17(10-8-15)23-21(26)18-13-27-14-22-18/h1-2,4,6-10,18,22H,3,5,11-14H2,(H,23,26). The summed E-state index contributed by atoms with van der Waals surface area (Å²) in [5, 5.41) is 6.09. The van der Waals surface area contributed by atoms with Crippen LogP contribution >= 0.6 is 11.8 Å². The van der Waals surface area contributed by atoms with Crippen molar-refractivity contribution in [2.24, 2.45) is 0 Å². The molecule has 0 saturated carbocycles. The topological polar surface area (TPSA) is 61.4 Å². The first-order chi connectivity index (χ1) is 13.2. The Labute approximate surface area is 163 Å². The van der Waals surface area contributed by atoms with Crippen LogP contribution in [0, 0.1) is 0 Å². The Morgan fingerprint density at radius 2 is 1.96 bits per heavy atom. The number of thioether (sulfide) groups is 1. The van der Waals surface area contributed by atoms with Gasteiger partial charge in [-0.3, -0.25) is 14.9 Å². The molecule has 2 aromatic rings. The van der Waals surface area contributed by atoms with Crippen molar-refractivity contribution in [3.05, 3.63) is 59.7 Å². The number of carbonyl (C=O) groups excluding carboxylic acids is 2. The molecule has 6 heteroatoms. The maximum atomic E-state index is 12.8. The molecule has 1 atom stereocenters. The summed E-state index contributed by atoms with van der Waals surface area (Å²) in [5.74, 6) is 1.73. The third kappa shape index (κ3) is 4.17. The number of nitrogens with one attached hydrogen (secondary N) is 2. The fraction of sp³-hybridized carbons (Fsp3) is 0.333. The van der Waals surface area contributed by atoms with Gasteiger partial charge in [-0.1, -0.05) is 30.3 Å². The summed E-state index contributed by atoms with van der Waals surface area (Å²) in [6, 6.07) is 15.6. The van der Waals surface area contributed by atoms with E-state index in [4.69, 9.17) is 0 Å². The molecule has 5 nitrogen and oxygen atoms in total. The zero-order chi connectivity index (χ0) is 18.6. The molecule has 27 heavy (non-hydrogen) atoms. The summed E-state index contributed by atoms with van der Waals surface area (Å²) >= 11 is 1.72. The number of hydrogen-bond acceptors (Lipinski definition) is 4. The van der Waals surface area contributed by atoms with Gasteiger partial charge < -0.3 is 10.2 Å². The molecular formula is C21H23N3O2S. The van der Waals surface area contributed by atoms with Crippen molar-refractivity contribution in [1.29, 1.82) is 0 Å². The first kappa shape index (κ1) is 18.1. The lowest BCUT2D eigenvalue weighted by atomic mass is 10.0. The monoisotopic (exact) mass is 381 g/mol. The van der Waals surface area contributed by atoms with Gasteiger partial charge in [-0.2, -0.15) is 0 Å². The first-order valence-corrected chi connectivity index (χ1v) is 10.5. The van der Waals surface area contributed by atoms with Crippen LogP contribution in [0.5, 0.6) is 0 Å². The predicted molar refractivity (Wildman–Crippen MR) is 110 cm³/mol. The Kier molecular flexibility index (Phi) is 5.45. The summed E-state index contributed by atoms with van der Waals surface area (Å²) in [6.07, 6.45) is 2.40. The van der Waals surface area contributed by atoms with E-state index in [0.29, 0.717) is 6.42 Å². The van der Waals surface area contributed by atoms with E-state index < -0.39 is 0 Å². The van der Waals surface area contributed by atoms with Crippen molar-refractivity contribution < 1.29 is 9.59 Å². The second-order valence-electron chi connectivity index (χ2n) is 6.91. The number of benzene rings is 2. The minimum Gasteiger partial charge on any atom is -0.325 e. The molecule has 1 fully saturated rings. The number of carbonyl (C=O) groups is 2. The average molecular weight is 382 g/mol. The summed E-state index contributed by atoms with van der Waals surface area (Å²) in [4.78, 5) is 26.9. The van der Waals surface area contributed by atoms with Gasteiger partial charge in [0.25, 0.3) is 0 Å². The lowest BCUT2D eigenvalue weighted by Gasteiger charge is -2.29. The quantitative estimate of drug-likeness (QED) is 0.855. The highest BCUT2D eigenvalue weighted by atomic mass is 32.2. The van der Waals surface area contributed by atoms with Gasteiger partial charge >= 0.3 is 0 Å². The Morgan fingerprint density at radius 3 is 2.74 bits per heavy atom. The number of para-hydroxylation sites is 1. The minimum atomic E-state index is -0.129. The van der Waals surface area contributed by atoms with E-state index in [2.05, 4.69) is 16.7 Å². The smallest absolute Gasteiger partial charge is 0.242 e. The van der Waals surface area contributed by atoms with Crippen LogP contribution in [0.3, 0.4) is 0 Å². The molecule has 2 heterocycles. The molecule has 1 saturated heterocycles. The van der Waals surface area contributed by atoms with Crippen LogP contribution in [0.1, 0.15) is 17.5 Å². The largest absolute Gasteiger partial charge is 0.325 e. The summed E-state index contributed by atoms with van der Waals surface area (Å²) in [7, 11) is 0. The third-order valence-electron chi connectivity index (χ3n) is 5.02. The molecule has 0 bridgehead atoms. The molecule has 140 valence electrons. The Bertz CT molecular complexity index is 832. The van der Waals surface area contributed by atoms with Gasteiger partial charge in [-0.15, -0.1) is 11.8 Å². The summed E-state index contributed by atoms with van der Waals surface area (Å²) in [6.45, 7) is 0.774. The molecule has 0 aliphatic carbocycles. The SMILES string of the molecule is O=C(Nc1ccc(CC(=O)N2CCCc3ccccc32)cc1)C1CSCN1. The molecular weight excluding hydrogens is 358 g/mol. The number of fused-ring (bicyclic) bond motifs is 1. The van der Waals surface area contributed by atoms with Crippen molar-refractivity contribution in [3.63, 3.8) is 0 Å². The van der Waals surface area contributed by atoms with Gasteiger partial charge in [0.2, 0.25) is 11.8 Å². The van der Waals surface area contributed by atoms with E-state index in [1.807, 2.05) is 47.4 Å². The lowest BCUT2D eigenvalue weighted by Crippen LogP contribution is -2.37. The first-order valence-electron chi connectivity index (χ1n) is 9.30. The molecule has 2 N–H and O–H groups in total. The van der Waals surface area contributed by atoms with E-state index >= 15 is 0 Å². The zero-order valence-corrected chi connectivity index (χ0v) is 15.9. The minimum absolute atomic E-state index is 0.00579. The van der Waals surface area contributed by atoms with Crippen LogP contribution in [-0.2, 0) is 22.4 Å². The molecule has 2 aliphatic rings. The van der Waals surface area contributed by atoms with Crippen LogP contribution in [0.4, 0.5) is 11.4 Å². The molecule has 0 spiro atoms. The van der Waals surface area contributed by atoms with E-state index in [9.17, 15) is 9.59 Å². The van der Waals surface area contributed by atoms with Gasteiger partial charge in [-0.25, -0.2) is 0 Å². The molecule has 2 amide bonds. The number of aryl methyl sites for hydroxylation is 1. The van der Waals surface area contributed by atoms with Crippen LogP contribution in [0.25, 0.3) is 0 Å². The van der Waals surface area contributed by atoms with Gasteiger partial charge in [0.15, 0.2) is 0 Å². The molecule has 0 aromatic heterocycles. The Balaban J connectivity index is 1.38. The maximum absolute atomic E-state index is 12.8.